The van der Waals surface area contributed by atoms with Crippen molar-refractivity contribution < 1.29 is 4.74 Å². The summed E-state index contributed by atoms with van der Waals surface area (Å²) in [5.74, 6) is 2.49. The van der Waals surface area contributed by atoms with Gasteiger partial charge in [0.05, 0.1) is 17.7 Å². The first-order valence-electron chi connectivity index (χ1n) is 17.3. The van der Waals surface area contributed by atoms with E-state index in [0.717, 1.165) is 40.7 Å². The number of fused-ring (bicyclic) bond motifs is 3. The van der Waals surface area contributed by atoms with E-state index in [0.29, 0.717) is 0 Å². The Bertz CT molecular complexity index is 2200. The van der Waals surface area contributed by atoms with Gasteiger partial charge >= 0.3 is 0 Å². The maximum Gasteiger partial charge on any atom is 0.137 e. The molecule has 5 heteroatoms. The van der Waals surface area contributed by atoms with Crippen molar-refractivity contribution in [3.8, 4) is 17.3 Å². The topological polar surface area (TPSA) is 33.5 Å². The second-order valence-corrected chi connectivity index (χ2v) is 16.4. The molecular weight excluding hydrogens is 601 g/mol. The number of hydrogen-bond donors (Lipinski definition) is 0. The lowest BCUT2D eigenvalue weighted by molar-refractivity contribution is 0.483. The van der Waals surface area contributed by atoms with Crippen LogP contribution in [-0.2, 0) is 16.2 Å². The van der Waals surface area contributed by atoms with Gasteiger partial charge in [0.15, 0.2) is 0 Å². The maximum atomic E-state index is 6.58. The largest absolute Gasteiger partial charge is 0.457 e. The Labute approximate surface area is 291 Å². The molecule has 250 valence electrons. The predicted octanol–water partition coefficient (Wildman–Crippen LogP) is 11.6. The summed E-state index contributed by atoms with van der Waals surface area (Å²) in [5.41, 5.74) is 8.59. The highest BCUT2D eigenvalue weighted by Crippen LogP contribution is 2.39. The number of benzene rings is 4. The van der Waals surface area contributed by atoms with Crippen LogP contribution in [0.2, 0.25) is 0 Å². The van der Waals surface area contributed by atoms with Gasteiger partial charge in [-0.05, 0) is 81.5 Å². The van der Waals surface area contributed by atoms with Crippen molar-refractivity contribution in [2.24, 2.45) is 0 Å². The number of anilines is 2. The molecule has 0 aliphatic carbocycles. The van der Waals surface area contributed by atoms with Crippen molar-refractivity contribution in [3.63, 3.8) is 0 Å². The van der Waals surface area contributed by atoms with Gasteiger partial charge in [-0.25, -0.2) is 4.98 Å². The first-order valence-corrected chi connectivity index (χ1v) is 17.3. The minimum absolute atomic E-state index is 0.0165. The molecule has 4 aromatic carbocycles. The summed E-state index contributed by atoms with van der Waals surface area (Å²) in [6.45, 7) is 21.1. The zero-order valence-electron chi connectivity index (χ0n) is 30.4. The first kappa shape index (κ1) is 32.5. The molecule has 2 aromatic heterocycles. The van der Waals surface area contributed by atoms with E-state index in [4.69, 9.17) is 9.72 Å². The van der Waals surface area contributed by atoms with Crippen LogP contribution >= 0.6 is 0 Å². The first-order chi connectivity index (χ1) is 23.2. The summed E-state index contributed by atoms with van der Waals surface area (Å²) >= 11 is 0. The van der Waals surface area contributed by atoms with Gasteiger partial charge in [0.1, 0.15) is 17.3 Å². The van der Waals surface area contributed by atoms with E-state index in [1.807, 2.05) is 12.3 Å². The van der Waals surface area contributed by atoms with E-state index < -0.39 is 0 Å². The van der Waals surface area contributed by atoms with Crippen LogP contribution < -0.4 is 14.5 Å². The fraction of sp³-hybridized carbons (Fsp3) is 0.295. The van der Waals surface area contributed by atoms with Crippen LogP contribution in [0.1, 0.15) is 79.0 Å². The number of nitrogens with zero attached hydrogens (tertiary/aromatic N) is 4. The Balaban J connectivity index is 1.19. The third kappa shape index (κ3) is 6.30. The Hall–Kier alpha value is -5.03. The lowest BCUT2D eigenvalue weighted by Gasteiger charge is -2.31. The van der Waals surface area contributed by atoms with Crippen molar-refractivity contribution >= 4 is 33.2 Å². The predicted molar refractivity (Wildman–Crippen MR) is 207 cm³/mol. The van der Waals surface area contributed by atoms with Gasteiger partial charge in [0.25, 0.3) is 0 Å². The van der Waals surface area contributed by atoms with Crippen LogP contribution in [0.3, 0.4) is 0 Å². The number of para-hydroxylation sites is 1. The van der Waals surface area contributed by atoms with E-state index in [9.17, 15) is 0 Å². The second kappa shape index (κ2) is 11.8. The number of ether oxygens (including phenoxy) is 1. The van der Waals surface area contributed by atoms with Crippen LogP contribution in [0.4, 0.5) is 11.4 Å². The molecule has 0 radical (unpaired) electrons. The lowest BCUT2D eigenvalue weighted by Crippen LogP contribution is -2.28. The third-order valence-electron chi connectivity index (χ3n) is 9.58. The molecule has 7 rings (SSSR count). The number of rotatable bonds is 5. The molecule has 0 spiro atoms. The molecule has 0 N–H and O–H groups in total. The lowest BCUT2D eigenvalue weighted by atomic mass is 9.81. The van der Waals surface area contributed by atoms with E-state index >= 15 is 0 Å². The molecule has 0 fully saturated rings. The zero-order valence-corrected chi connectivity index (χ0v) is 30.4. The molecule has 49 heavy (non-hydrogen) atoms. The molecule has 0 unspecified atom stereocenters. The summed E-state index contributed by atoms with van der Waals surface area (Å²) < 4.78 is 8.84. The van der Waals surface area contributed by atoms with Crippen LogP contribution in [0, 0.1) is 0 Å². The number of pyridine rings is 1. The normalized spacial score (nSPS) is 14.0. The van der Waals surface area contributed by atoms with Crippen molar-refractivity contribution in [1.82, 2.24) is 9.55 Å². The van der Waals surface area contributed by atoms with Gasteiger partial charge in [-0.3, -0.25) is 4.57 Å². The SMILES string of the molecule is CC(C)(C)c1ccnc(-n2c3ccccc3c3ccc(Oc4cccc(N5C=CN(c6cc(C(C)(C)C)ccc6C(C)(C)C)C5)c4)cc32)c1. The van der Waals surface area contributed by atoms with Crippen LogP contribution in [-0.4, -0.2) is 16.2 Å². The van der Waals surface area contributed by atoms with E-state index in [-0.39, 0.29) is 16.2 Å². The zero-order chi connectivity index (χ0) is 34.7. The standard InChI is InChI=1S/C44H48N4O/c1-42(2,3)30-17-20-37(44(7,8)9)40(25-30)47-24-23-46(29-47)32-13-12-14-33(27-32)49-34-18-19-36-35-15-10-11-16-38(35)48(39(36)28-34)41-26-31(21-22-45-41)43(4,5)6/h10-28H,29H2,1-9H3. The van der Waals surface area contributed by atoms with Gasteiger partial charge < -0.3 is 14.5 Å². The Morgan fingerprint density at radius 3 is 2.02 bits per heavy atom. The molecule has 0 saturated heterocycles. The molecule has 3 heterocycles. The Morgan fingerprint density at radius 2 is 1.27 bits per heavy atom. The van der Waals surface area contributed by atoms with Gasteiger partial charge in [0, 0.05) is 52.9 Å². The quantitative estimate of drug-likeness (QED) is 0.186. The van der Waals surface area contributed by atoms with Crippen molar-refractivity contribution in [2.45, 2.75) is 78.6 Å². The van der Waals surface area contributed by atoms with E-state index in [1.165, 1.54) is 33.2 Å². The summed E-state index contributed by atoms with van der Waals surface area (Å²) in [7, 11) is 0. The van der Waals surface area contributed by atoms with Crippen molar-refractivity contribution in [2.75, 3.05) is 16.5 Å². The molecule has 5 nitrogen and oxygen atoms in total. The molecule has 1 aliphatic rings. The maximum absolute atomic E-state index is 6.58. The summed E-state index contributed by atoms with van der Waals surface area (Å²) in [6.07, 6.45) is 6.28. The van der Waals surface area contributed by atoms with E-state index in [2.05, 4.69) is 180 Å². The average Bonchev–Trinajstić information content (AvgIpc) is 3.67. The Kier molecular flexibility index (Phi) is 7.85. The van der Waals surface area contributed by atoms with Gasteiger partial charge in [-0.2, -0.15) is 0 Å². The molecular formula is C44H48N4O. The minimum Gasteiger partial charge on any atom is -0.457 e. The highest BCUT2D eigenvalue weighted by atomic mass is 16.5. The Morgan fingerprint density at radius 1 is 0.571 bits per heavy atom. The highest BCUT2D eigenvalue weighted by Gasteiger charge is 2.26. The van der Waals surface area contributed by atoms with Gasteiger partial charge in [0.2, 0.25) is 0 Å². The van der Waals surface area contributed by atoms with Gasteiger partial charge in [-0.15, -0.1) is 0 Å². The fourth-order valence-corrected chi connectivity index (χ4v) is 6.74. The van der Waals surface area contributed by atoms with E-state index in [1.54, 1.807) is 0 Å². The van der Waals surface area contributed by atoms with Gasteiger partial charge in [-0.1, -0.05) is 98.7 Å². The van der Waals surface area contributed by atoms with Crippen LogP contribution in [0.15, 0.2) is 116 Å². The van der Waals surface area contributed by atoms with Crippen LogP contribution in [0.25, 0.3) is 27.6 Å². The van der Waals surface area contributed by atoms with Crippen molar-refractivity contribution in [1.29, 1.82) is 0 Å². The summed E-state index contributed by atoms with van der Waals surface area (Å²) in [5, 5.41) is 2.37. The molecule has 0 bridgehead atoms. The molecule has 0 atom stereocenters. The molecule has 0 saturated carbocycles. The monoisotopic (exact) mass is 648 g/mol. The average molecular weight is 649 g/mol. The summed E-state index contributed by atoms with van der Waals surface area (Å²) in [6, 6.07) is 34.6. The molecule has 1 aliphatic heterocycles. The number of aromatic nitrogens is 2. The van der Waals surface area contributed by atoms with Crippen molar-refractivity contribution in [3.05, 3.63) is 132 Å². The van der Waals surface area contributed by atoms with Crippen LogP contribution in [0.5, 0.6) is 11.5 Å². The minimum atomic E-state index is 0.0165. The third-order valence-corrected chi connectivity index (χ3v) is 9.58. The second-order valence-electron chi connectivity index (χ2n) is 16.4. The highest BCUT2D eigenvalue weighted by molar-refractivity contribution is 6.09. The summed E-state index contributed by atoms with van der Waals surface area (Å²) in [4.78, 5) is 9.47. The number of hydrogen-bond acceptors (Lipinski definition) is 4. The molecule has 0 amide bonds. The molecule has 6 aromatic rings. The smallest absolute Gasteiger partial charge is 0.137 e. The fourth-order valence-electron chi connectivity index (χ4n) is 6.74.